The van der Waals surface area contributed by atoms with Crippen LogP contribution in [-0.2, 0) is 16.0 Å². The van der Waals surface area contributed by atoms with Gasteiger partial charge in [0.25, 0.3) is 0 Å². The van der Waals surface area contributed by atoms with Crippen molar-refractivity contribution in [3.05, 3.63) is 65.8 Å². The van der Waals surface area contributed by atoms with E-state index in [1.54, 1.807) is 19.1 Å². The van der Waals surface area contributed by atoms with E-state index in [1.165, 1.54) is 12.1 Å². The molecule has 0 spiro atoms. The smallest absolute Gasteiger partial charge is 0.230 e. The fourth-order valence-electron chi connectivity index (χ4n) is 3.27. The average molecular weight is 395 g/mol. The largest absolute Gasteiger partial charge is 0.441 e. The third-order valence-electron chi connectivity index (χ3n) is 4.82. The third-order valence-corrected chi connectivity index (χ3v) is 4.82. The van der Waals surface area contributed by atoms with Gasteiger partial charge in [-0.1, -0.05) is 6.07 Å². The highest BCUT2D eigenvalue weighted by atomic mass is 19.1. The van der Waals surface area contributed by atoms with Gasteiger partial charge in [0.2, 0.25) is 11.8 Å². The number of halogens is 1. The molecule has 1 aliphatic heterocycles. The van der Waals surface area contributed by atoms with Crippen LogP contribution >= 0.6 is 0 Å². The quantitative estimate of drug-likeness (QED) is 0.712. The van der Waals surface area contributed by atoms with Crippen LogP contribution in [0.25, 0.3) is 11.5 Å². The first-order valence-electron chi connectivity index (χ1n) is 9.53. The second kappa shape index (κ2) is 8.45. The summed E-state index contributed by atoms with van der Waals surface area (Å²) in [6, 6.07) is 13.7. The van der Waals surface area contributed by atoms with Gasteiger partial charge in [-0.25, -0.2) is 9.37 Å². The molecule has 1 amide bonds. The SMILES string of the molecule is Cc1oc(-c2ccc(F)cc2)nc1CC(=O)Nc1cccc(N2CCOCC2)c1. The first kappa shape index (κ1) is 19.1. The van der Waals surface area contributed by atoms with E-state index in [2.05, 4.69) is 15.2 Å². The zero-order valence-electron chi connectivity index (χ0n) is 16.2. The summed E-state index contributed by atoms with van der Waals surface area (Å²) >= 11 is 0. The lowest BCUT2D eigenvalue weighted by Gasteiger charge is -2.29. The normalized spacial score (nSPS) is 14.1. The van der Waals surface area contributed by atoms with Crippen molar-refractivity contribution in [3.8, 4) is 11.5 Å². The Kier molecular flexibility index (Phi) is 5.57. The van der Waals surface area contributed by atoms with Crippen LogP contribution in [0.1, 0.15) is 11.5 Å². The van der Waals surface area contributed by atoms with E-state index in [0.29, 0.717) is 36.1 Å². The van der Waals surface area contributed by atoms with Crippen LogP contribution < -0.4 is 10.2 Å². The molecule has 1 aromatic heterocycles. The van der Waals surface area contributed by atoms with Gasteiger partial charge in [0.05, 0.1) is 25.3 Å². The minimum atomic E-state index is -0.323. The molecule has 1 N–H and O–H groups in total. The minimum absolute atomic E-state index is 0.0955. The molecule has 0 saturated carbocycles. The molecule has 1 fully saturated rings. The molecule has 0 aliphatic carbocycles. The Hall–Kier alpha value is -3.19. The molecule has 1 saturated heterocycles. The van der Waals surface area contributed by atoms with E-state index in [9.17, 15) is 9.18 Å². The number of nitrogens with one attached hydrogen (secondary N) is 1. The summed E-state index contributed by atoms with van der Waals surface area (Å²) in [5, 5.41) is 2.93. The van der Waals surface area contributed by atoms with Crippen molar-refractivity contribution in [1.29, 1.82) is 0 Å². The van der Waals surface area contributed by atoms with Gasteiger partial charge >= 0.3 is 0 Å². The standard InChI is InChI=1S/C22H22FN3O3/c1-15-20(25-22(29-15)16-5-7-17(23)8-6-16)14-21(27)24-18-3-2-4-19(13-18)26-9-11-28-12-10-26/h2-8,13H,9-12,14H2,1H3,(H,24,27). The highest BCUT2D eigenvalue weighted by Crippen LogP contribution is 2.23. The minimum Gasteiger partial charge on any atom is -0.441 e. The molecule has 2 heterocycles. The molecule has 6 nitrogen and oxygen atoms in total. The molecule has 0 unspecified atom stereocenters. The van der Waals surface area contributed by atoms with Crippen LogP contribution in [0.5, 0.6) is 0 Å². The number of hydrogen-bond acceptors (Lipinski definition) is 5. The number of amides is 1. The summed E-state index contributed by atoms with van der Waals surface area (Å²) < 4.78 is 24.1. The number of carbonyl (C=O) groups is 1. The van der Waals surface area contributed by atoms with E-state index in [1.807, 2.05) is 24.3 Å². The van der Waals surface area contributed by atoms with Crippen molar-refractivity contribution in [3.63, 3.8) is 0 Å². The molecule has 29 heavy (non-hydrogen) atoms. The van der Waals surface area contributed by atoms with Gasteiger partial charge in [0.15, 0.2) is 0 Å². The number of carbonyl (C=O) groups excluding carboxylic acids is 1. The molecule has 0 radical (unpaired) electrons. The number of rotatable bonds is 5. The summed E-state index contributed by atoms with van der Waals surface area (Å²) in [4.78, 5) is 19.2. The van der Waals surface area contributed by atoms with E-state index >= 15 is 0 Å². The van der Waals surface area contributed by atoms with Gasteiger partial charge in [-0.3, -0.25) is 4.79 Å². The van der Waals surface area contributed by atoms with Gasteiger partial charge in [0.1, 0.15) is 11.6 Å². The van der Waals surface area contributed by atoms with Crippen LogP contribution in [-0.4, -0.2) is 37.2 Å². The number of oxazole rings is 1. The van der Waals surface area contributed by atoms with Crippen molar-refractivity contribution < 1.29 is 18.3 Å². The lowest BCUT2D eigenvalue weighted by Crippen LogP contribution is -2.36. The summed E-state index contributed by atoms with van der Waals surface area (Å²) in [5.41, 5.74) is 3.02. The number of hydrogen-bond donors (Lipinski definition) is 1. The van der Waals surface area contributed by atoms with Crippen molar-refractivity contribution in [2.75, 3.05) is 36.5 Å². The van der Waals surface area contributed by atoms with Crippen molar-refractivity contribution in [2.45, 2.75) is 13.3 Å². The molecule has 1 aliphatic rings. The molecular weight excluding hydrogens is 373 g/mol. The Morgan fingerprint density at radius 1 is 1.17 bits per heavy atom. The van der Waals surface area contributed by atoms with Gasteiger partial charge in [-0.05, 0) is 49.4 Å². The number of aromatic nitrogens is 1. The molecule has 150 valence electrons. The highest BCUT2D eigenvalue weighted by molar-refractivity contribution is 5.92. The second-order valence-corrected chi connectivity index (χ2v) is 6.90. The zero-order valence-corrected chi connectivity index (χ0v) is 16.2. The van der Waals surface area contributed by atoms with Crippen molar-refractivity contribution in [2.24, 2.45) is 0 Å². The summed E-state index contributed by atoms with van der Waals surface area (Å²) in [7, 11) is 0. The number of benzene rings is 2. The predicted molar refractivity (Wildman–Crippen MR) is 108 cm³/mol. The Morgan fingerprint density at radius 3 is 2.69 bits per heavy atom. The lowest BCUT2D eigenvalue weighted by molar-refractivity contribution is -0.115. The monoisotopic (exact) mass is 395 g/mol. The maximum Gasteiger partial charge on any atom is 0.230 e. The molecule has 0 atom stereocenters. The van der Waals surface area contributed by atoms with Crippen LogP contribution in [0.2, 0.25) is 0 Å². The number of ether oxygens (including phenoxy) is 1. The Morgan fingerprint density at radius 2 is 1.93 bits per heavy atom. The van der Waals surface area contributed by atoms with Gasteiger partial charge < -0.3 is 19.4 Å². The Labute approximate surface area is 168 Å². The van der Waals surface area contributed by atoms with E-state index < -0.39 is 0 Å². The van der Waals surface area contributed by atoms with Crippen molar-refractivity contribution in [1.82, 2.24) is 4.98 Å². The maximum atomic E-state index is 13.1. The van der Waals surface area contributed by atoms with Crippen molar-refractivity contribution >= 4 is 17.3 Å². The predicted octanol–water partition coefficient (Wildman–Crippen LogP) is 3.81. The van der Waals surface area contributed by atoms with Crippen LogP contribution in [0.4, 0.5) is 15.8 Å². The maximum absolute atomic E-state index is 13.1. The summed E-state index contributed by atoms with van der Waals surface area (Å²) in [6.45, 7) is 4.85. The average Bonchev–Trinajstić information content (AvgIpc) is 3.09. The van der Waals surface area contributed by atoms with Gasteiger partial charge in [-0.2, -0.15) is 0 Å². The number of nitrogens with zero attached hydrogens (tertiary/aromatic N) is 2. The lowest BCUT2D eigenvalue weighted by atomic mass is 10.2. The highest BCUT2D eigenvalue weighted by Gasteiger charge is 2.16. The molecule has 3 aromatic rings. The van der Waals surface area contributed by atoms with Crippen LogP contribution in [0, 0.1) is 12.7 Å². The van der Waals surface area contributed by atoms with Gasteiger partial charge in [0, 0.05) is 30.0 Å². The number of anilines is 2. The summed E-state index contributed by atoms with van der Waals surface area (Å²) in [5.74, 6) is 0.447. The first-order valence-corrected chi connectivity index (χ1v) is 9.53. The van der Waals surface area contributed by atoms with E-state index in [0.717, 1.165) is 24.5 Å². The van der Waals surface area contributed by atoms with E-state index in [4.69, 9.17) is 9.15 Å². The molecular formula is C22H22FN3O3. The number of aryl methyl sites for hydroxylation is 1. The Bertz CT molecular complexity index is 995. The fourth-order valence-corrected chi connectivity index (χ4v) is 3.27. The summed E-state index contributed by atoms with van der Waals surface area (Å²) in [6.07, 6.45) is 0.0955. The molecule has 7 heteroatoms. The fraction of sp³-hybridized carbons (Fsp3) is 0.273. The van der Waals surface area contributed by atoms with Crippen LogP contribution in [0.15, 0.2) is 52.9 Å². The Balaban J connectivity index is 1.43. The number of morpholine rings is 1. The van der Waals surface area contributed by atoms with Gasteiger partial charge in [-0.15, -0.1) is 0 Å². The molecule has 0 bridgehead atoms. The molecule has 2 aromatic carbocycles. The first-order chi connectivity index (χ1) is 14.1. The molecule has 4 rings (SSSR count). The zero-order chi connectivity index (χ0) is 20.2. The van der Waals surface area contributed by atoms with Crippen LogP contribution in [0.3, 0.4) is 0 Å². The topological polar surface area (TPSA) is 67.6 Å². The van der Waals surface area contributed by atoms with E-state index in [-0.39, 0.29) is 18.1 Å². The third kappa shape index (κ3) is 4.63. The second-order valence-electron chi connectivity index (χ2n) is 6.90.